The molecular weight excluding hydrogens is 615 g/mol. The number of alkyl halides is 2. The Bertz CT molecular complexity index is 1460. The first-order valence-electron chi connectivity index (χ1n) is 14.5. The number of anilines is 1. The van der Waals surface area contributed by atoms with Crippen molar-refractivity contribution >= 4 is 34.0 Å². The molecule has 8 nitrogen and oxygen atoms in total. The van der Waals surface area contributed by atoms with Crippen LogP contribution in [0, 0.1) is 5.82 Å². The summed E-state index contributed by atoms with van der Waals surface area (Å²) in [6, 6.07) is 12.5. The summed E-state index contributed by atoms with van der Waals surface area (Å²) in [6.45, 7) is 1.81. The molecule has 2 fully saturated rings. The minimum Gasteiger partial charge on any atom is -0.324 e. The Kier molecular flexibility index (Phi) is 9.90. The van der Waals surface area contributed by atoms with Gasteiger partial charge in [-0.2, -0.15) is 8.78 Å². The molecule has 0 aliphatic carbocycles. The van der Waals surface area contributed by atoms with E-state index in [1.807, 2.05) is 0 Å². The Balaban J connectivity index is 1.36. The van der Waals surface area contributed by atoms with Crippen LogP contribution in [0.15, 0.2) is 60.8 Å². The van der Waals surface area contributed by atoms with Gasteiger partial charge in [0.2, 0.25) is 5.91 Å². The van der Waals surface area contributed by atoms with E-state index in [9.17, 15) is 22.7 Å². The molecule has 238 valence electrons. The van der Waals surface area contributed by atoms with Crippen molar-refractivity contribution in [2.45, 2.75) is 62.6 Å². The fourth-order valence-electron chi connectivity index (χ4n) is 6.01. The third kappa shape index (κ3) is 7.39. The van der Waals surface area contributed by atoms with Gasteiger partial charge in [0.1, 0.15) is 11.5 Å². The molecule has 1 unspecified atom stereocenters. The number of aromatic nitrogens is 1. The highest BCUT2D eigenvalue weighted by molar-refractivity contribution is 8.22. The molecule has 2 aliphatic rings. The molecule has 2 aliphatic heterocycles. The number of carbonyl (C=O) groups excluding carboxylic acids is 1. The lowest BCUT2D eigenvalue weighted by molar-refractivity contribution is -0.117. The van der Waals surface area contributed by atoms with Crippen LogP contribution in [-0.4, -0.2) is 61.3 Å². The van der Waals surface area contributed by atoms with Crippen molar-refractivity contribution < 1.29 is 27.1 Å². The lowest BCUT2D eigenvalue weighted by atomic mass is 9.85. The van der Waals surface area contributed by atoms with Crippen LogP contribution in [0.25, 0.3) is 0 Å². The normalized spacial score (nSPS) is 23.7. The summed E-state index contributed by atoms with van der Waals surface area (Å²) in [4.78, 5) is 17.5. The summed E-state index contributed by atoms with van der Waals surface area (Å²) in [5.41, 5.74) is 7.72. The SMILES string of the molecule is CC(F)(F)c1ccc([C@H](c2ccc(Cl)cc2)[C@H](N)C(=O)Nc2cccc(F)c2CC[C@H]2CN[C@@H]3CCCS(O)(O)N2C3)cn1. The van der Waals surface area contributed by atoms with Gasteiger partial charge in [0.05, 0.1) is 11.8 Å². The van der Waals surface area contributed by atoms with E-state index in [1.54, 1.807) is 34.6 Å². The maximum absolute atomic E-state index is 15.2. The van der Waals surface area contributed by atoms with E-state index in [4.69, 9.17) is 17.3 Å². The van der Waals surface area contributed by atoms with Crippen LogP contribution in [-0.2, 0) is 17.1 Å². The molecule has 2 saturated heterocycles. The number of hydrogen-bond acceptors (Lipinski definition) is 7. The van der Waals surface area contributed by atoms with Crippen LogP contribution in [0.4, 0.5) is 18.9 Å². The molecule has 3 aromatic rings. The maximum atomic E-state index is 15.2. The summed E-state index contributed by atoms with van der Waals surface area (Å²) < 4.78 is 66.2. The molecular formula is C31H37ClF3N5O3S. The van der Waals surface area contributed by atoms with Gasteiger partial charge in [0.15, 0.2) is 0 Å². The molecule has 6 N–H and O–H groups in total. The minimum absolute atomic E-state index is 0.183. The largest absolute Gasteiger partial charge is 0.324 e. The highest BCUT2D eigenvalue weighted by Gasteiger charge is 2.38. The quantitative estimate of drug-likeness (QED) is 0.189. The number of pyridine rings is 1. The van der Waals surface area contributed by atoms with E-state index in [2.05, 4.69) is 15.6 Å². The van der Waals surface area contributed by atoms with E-state index >= 15 is 4.39 Å². The zero-order valence-electron chi connectivity index (χ0n) is 24.2. The lowest BCUT2D eigenvalue weighted by Crippen LogP contribution is -2.55. The van der Waals surface area contributed by atoms with E-state index in [0.717, 1.165) is 19.8 Å². The fourth-order valence-corrected chi connectivity index (χ4v) is 8.00. The van der Waals surface area contributed by atoms with E-state index in [-0.39, 0.29) is 29.8 Å². The Labute approximate surface area is 261 Å². The Morgan fingerprint density at radius 2 is 1.93 bits per heavy atom. The second-order valence-electron chi connectivity index (χ2n) is 11.6. The Morgan fingerprint density at radius 3 is 2.61 bits per heavy atom. The van der Waals surface area contributed by atoms with Crippen LogP contribution >= 0.6 is 22.4 Å². The molecule has 0 saturated carbocycles. The molecule has 2 bridgehead atoms. The van der Waals surface area contributed by atoms with Crippen LogP contribution in [0.2, 0.25) is 5.02 Å². The highest BCUT2D eigenvalue weighted by atomic mass is 35.5. The average Bonchev–Trinajstić information content (AvgIpc) is 3.09. The van der Waals surface area contributed by atoms with Crippen LogP contribution in [0.5, 0.6) is 0 Å². The maximum Gasteiger partial charge on any atom is 0.286 e. The number of hydrogen-bond donors (Lipinski definition) is 5. The van der Waals surface area contributed by atoms with E-state index in [1.165, 1.54) is 30.5 Å². The number of benzene rings is 2. The van der Waals surface area contributed by atoms with Crippen molar-refractivity contribution in [3.8, 4) is 0 Å². The molecule has 0 spiro atoms. The second-order valence-corrected chi connectivity index (χ2v) is 14.1. The number of amides is 1. The molecule has 3 heterocycles. The second kappa shape index (κ2) is 13.3. The third-order valence-corrected chi connectivity index (χ3v) is 10.7. The van der Waals surface area contributed by atoms with Gasteiger partial charge in [-0.3, -0.25) is 18.9 Å². The van der Waals surface area contributed by atoms with Crippen molar-refractivity contribution in [2.75, 3.05) is 24.2 Å². The highest BCUT2D eigenvalue weighted by Crippen LogP contribution is 2.49. The zero-order valence-corrected chi connectivity index (χ0v) is 25.8. The van der Waals surface area contributed by atoms with Crippen LogP contribution < -0.4 is 16.4 Å². The number of carbonyl (C=O) groups is 1. The molecule has 5 atom stereocenters. The molecule has 13 heteroatoms. The lowest BCUT2D eigenvalue weighted by Gasteiger charge is -2.49. The monoisotopic (exact) mass is 651 g/mol. The number of rotatable bonds is 9. The third-order valence-electron chi connectivity index (χ3n) is 8.39. The number of fused-ring (bicyclic) bond motifs is 2. The van der Waals surface area contributed by atoms with Gasteiger partial charge in [-0.15, -0.1) is 10.8 Å². The zero-order chi connectivity index (χ0) is 31.6. The number of nitrogens with two attached hydrogens (primary N) is 1. The predicted molar refractivity (Wildman–Crippen MR) is 168 cm³/mol. The first-order valence-corrected chi connectivity index (χ1v) is 16.6. The number of piperazine rings is 1. The molecule has 1 aromatic heterocycles. The number of nitrogens with one attached hydrogen (secondary N) is 2. The van der Waals surface area contributed by atoms with Gasteiger partial charge in [-0.25, -0.2) is 8.70 Å². The first-order chi connectivity index (χ1) is 20.8. The Morgan fingerprint density at radius 1 is 1.20 bits per heavy atom. The standard InChI is InChI=1S/C31H37ClF3N5O3S/c1-31(34,35)27-14-9-20(16-38-27)28(19-7-10-21(32)11-8-19)29(36)30(41)39-26-6-2-5-25(33)24(26)13-12-23-17-37-22-4-3-15-44(42,43)40(23)18-22/h2,5-11,14,16,22-23,28-29,37,42-43H,3-4,12-13,15,17-18,36H2,1H3,(H,39,41)/t22-,23+,28+,29+/m1/s1. The van der Waals surface area contributed by atoms with E-state index < -0.39 is 46.1 Å². The topological polar surface area (TPSA) is 124 Å². The number of halogens is 4. The smallest absolute Gasteiger partial charge is 0.286 e. The molecule has 5 rings (SSSR count). The minimum atomic E-state index is -3.14. The molecule has 44 heavy (non-hydrogen) atoms. The summed E-state index contributed by atoms with van der Waals surface area (Å²) in [5.74, 6) is -4.71. The first kappa shape index (κ1) is 32.7. The van der Waals surface area contributed by atoms with Crippen molar-refractivity contribution in [3.63, 3.8) is 0 Å². The van der Waals surface area contributed by atoms with Gasteiger partial charge >= 0.3 is 0 Å². The molecule has 1 amide bonds. The van der Waals surface area contributed by atoms with Gasteiger partial charge in [0.25, 0.3) is 5.92 Å². The van der Waals surface area contributed by atoms with Crippen molar-refractivity contribution in [2.24, 2.45) is 5.73 Å². The summed E-state index contributed by atoms with van der Waals surface area (Å²) >= 11 is 6.08. The van der Waals surface area contributed by atoms with Gasteiger partial charge in [-0.05, 0) is 67.1 Å². The van der Waals surface area contributed by atoms with Gasteiger partial charge in [0, 0.05) is 60.5 Å². The van der Waals surface area contributed by atoms with Crippen LogP contribution in [0.1, 0.15) is 54.5 Å². The Hall–Kier alpha value is -2.71. The van der Waals surface area contributed by atoms with Gasteiger partial charge in [-0.1, -0.05) is 35.9 Å². The summed E-state index contributed by atoms with van der Waals surface area (Å²) in [7, 11) is -2.91. The molecule has 2 aromatic carbocycles. The van der Waals surface area contributed by atoms with Crippen LogP contribution in [0.3, 0.4) is 0 Å². The predicted octanol–water partition coefficient (Wildman–Crippen LogP) is 6.12. The van der Waals surface area contributed by atoms with Crippen molar-refractivity contribution in [3.05, 3.63) is 94.0 Å². The summed E-state index contributed by atoms with van der Waals surface area (Å²) in [6.07, 6.45) is 3.53. The van der Waals surface area contributed by atoms with E-state index in [0.29, 0.717) is 41.4 Å². The fraction of sp³-hybridized carbons (Fsp3) is 0.419. The summed E-state index contributed by atoms with van der Waals surface area (Å²) in [5, 5.41) is 6.72. The average molecular weight is 652 g/mol. The molecule has 0 radical (unpaired) electrons. The van der Waals surface area contributed by atoms with Gasteiger partial charge < -0.3 is 16.4 Å². The number of nitrogens with zero attached hydrogens (tertiary/aromatic N) is 2. The van der Waals surface area contributed by atoms with Crippen molar-refractivity contribution in [1.29, 1.82) is 0 Å². The van der Waals surface area contributed by atoms with Crippen molar-refractivity contribution in [1.82, 2.24) is 14.6 Å².